The van der Waals surface area contributed by atoms with E-state index in [0.29, 0.717) is 46.5 Å². The predicted molar refractivity (Wildman–Crippen MR) is 145 cm³/mol. The summed E-state index contributed by atoms with van der Waals surface area (Å²) >= 11 is 0. The zero-order valence-electron chi connectivity index (χ0n) is 22.8. The van der Waals surface area contributed by atoms with Gasteiger partial charge in [-0.05, 0) is 43.7 Å². The molecule has 4 aromatic heterocycles. The molecule has 2 aliphatic rings. The van der Waals surface area contributed by atoms with Crippen LogP contribution in [0.15, 0.2) is 36.9 Å². The molecule has 1 aliphatic heterocycles. The average molecular weight is 564 g/mol. The quantitative estimate of drug-likeness (QED) is 0.347. The van der Waals surface area contributed by atoms with Crippen LogP contribution in [0.5, 0.6) is 0 Å². The molecule has 2 amide bonds. The second-order valence-corrected chi connectivity index (χ2v) is 11.0. The van der Waals surface area contributed by atoms with Crippen LogP contribution in [0.2, 0.25) is 0 Å². The SMILES string of the molecule is CCn1nccc1C(=O)NC(c1nc2nc(-c3cnccc3C(=O)N3CC(F)(F)C3)cnc2[nH]1)[C@H]1CC[C@H](C)CC1. The Kier molecular flexibility index (Phi) is 6.96. The first-order valence-corrected chi connectivity index (χ1v) is 13.9. The predicted octanol–water partition coefficient (Wildman–Crippen LogP) is 4.02. The number of nitrogens with one attached hydrogen (secondary N) is 2. The summed E-state index contributed by atoms with van der Waals surface area (Å²) in [5, 5.41) is 7.41. The van der Waals surface area contributed by atoms with Crippen LogP contribution in [0.1, 0.15) is 72.2 Å². The number of aromatic nitrogens is 7. The standard InChI is InChI=1S/C28H31F2N9O2/c1-3-39-21(9-11-33-39)26(40)35-22(17-6-4-16(2)5-7-17)23-36-24-25(37-23)34-20(13-32-24)19-12-31-10-8-18(19)27(41)38-14-28(29,30)15-38/h8-13,16-17,22H,3-7,14-15H2,1-2H3,(H,35,40)(H,32,34,36,37)/t16-,17-,22?. The summed E-state index contributed by atoms with van der Waals surface area (Å²) in [4.78, 5) is 48.6. The van der Waals surface area contributed by atoms with Gasteiger partial charge in [-0.1, -0.05) is 19.8 Å². The number of hydrogen-bond acceptors (Lipinski definition) is 7. The number of amides is 2. The zero-order valence-corrected chi connectivity index (χ0v) is 22.8. The van der Waals surface area contributed by atoms with Crippen LogP contribution in [-0.4, -0.2) is 70.4 Å². The number of aryl methyl sites for hydroxylation is 1. The zero-order chi connectivity index (χ0) is 28.7. The van der Waals surface area contributed by atoms with Gasteiger partial charge in [-0.15, -0.1) is 0 Å². The van der Waals surface area contributed by atoms with Gasteiger partial charge in [0.25, 0.3) is 17.7 Å². The van der Waals surface area contributed by atoms with Crippen molar-refractivity contribution in [3.63, 3.8) is 0 Å². The molecule has 1 saturated carbocycles. The molecule has 0 aromatic carbocycles. The molecule has 5 heterocycles. The Labute approximate surface area is 234 Å². The van der Waals surface area contributed by atoms with Crippen molar-refractivity contribution in [3.8, 4) is 11.3 Å². The van der Waals surface area contributed by atoms with Crippen LogP contribution in [0.3, 0.4) is 0 Å². The number of halogens is 2. The Morgan fingerprint density at radius 2 is 1.90 bits per heavy atom. The van der Waals surface area contributed by atoms with Crippen molar-refractivity contribution in [2.24, 2.45) is 11.8 Å². The molecule has 1 unspecified atom stereocenters. The lowest BCUT2D eigenvalue weighted by Gasteiger charge is -2.38. The molecule has 0 bridgehead atoms. The van der Waals surface area contributed by atoms with Crippen LogP contribution in [-0.2, 0) is 6.54 Å². The van der Waals surface area contributed by atoms with Gasteiger partial charge >= 0.3 is 0 Å². The first-order chi connectivity index (χ1) is 19.7. The van der Waals surface area contributed by atoms with Crippen molar-refractivity contribution in [1.29, 1.82) is 0 Å². The van der Waals surface area contributed by atoms with Gasteiger partial charge in [-0.25, -0.2) is 23.7 Å². The number of carbonyl (C=O) groups is 2. The summed E-state index contributed by atoms with van der Waals surface area (Å²) in [5.41, 5.74) is 2.17. The molecule has 2 fully saturated rings. The Hall–Kier alpha value is -4.29. The number of imidazole rings is 1. The van der Waals surface area contributed by atoms with Crippen LogP contribution in [0, 0.1) is 11.8 Å². The molecule has 214 valence electrons. The Morgan fingerprint density at radius 1 is 1.12 bits per heavy atom. The lowest BCUT2D eigenvalue weighted by Crippen LogP contribution is -2.58. The van der Waals surface area contributed by atoms with E-state index in [1.807, 2.05) is 6.92 Å². The summed E-state index contributed by atoms with van der Waals surface area (Å²) in [7, 11) is 0. The van der Waals surface area contributed by atoms with E-state index in [-0.39, 0.29) is 17.4 Å². The van der Waals surface area contributed by atoms with Crippen molar-refractivity contribution >= 4 is 23.1 Å². The van der Waals surface area contributed by atoms with Gasteiger partial charge in [-0.2, -0.15) is 5.10 Å². The minimum atomic E-state index is -2.87. The van der Waals surface area contributed by atoms with E-state index in [1.54, 1.807) is 16.9 Å². The average Bonchev–Trinajstić information content (AvgIpc) is 3.61. The highest BCUT2D eigenvalue weighted by Crippen LogP contribution is 2.37. The molecule has 13 heteroatoms. The Bertz CT molecular complexity index is 1580. The highest BCUT2D eigenvalue weighted by Gasteiger charge is 2.46. The summed E-state index contributed by atoms with van der Waals surface area (Å²) in [6.45, 7) is 3.51. The largest absolute Gasteiger partial charge is 0.340 e. The van der Waals surface area contributed by atoms with Crippen molar-refractivity contribution in [1.82, 2.24) is 44.9 Å². The molecule has 1 saturated heterocycles. The molecule has 11 nitrogen and oxygen atoms in total. The smallest absolute Gasteiger partial charge is 0.282 e. The van der Waals surface area contributed by atoms with Gasteiger partial charge in [0.2, 0.25) is 0 Å². The first-order valence-electron chi connectivity index (χ1n) is 13.9. The summed E-state index contributed by atoms with van der Waals surface area (Å²) in [6, 6.07) is 2.80. The third-order valence-electron chi connectivity index (χ3n) is 8.05. The van der Waals surface area contributed by atoms with Gasteiger partial charge < -0.3 is 15.2 Å². The maximum absolute atomic E-state index is 13.4. The fourth-order valence-electron chi connectivity index (χ4n) is 5.72. The second kappa shape index (κ2) is 10.6. The number of alkyl halides is 2. The number of nitrogens with zero attached hydrogens (tertiary/aromatic N) is 7. The minimum Gasteiger partial charge on any atom is -0.340 e. The summed E-state index contributed by atoms with van der Waals surface area (Å²) in [5.74, 6) is -2.26. The van der Waals surface area contributed by atoms with E-state index in [9.17, 15) is 18.4 Å². The molecule has 1 aliphatic carbocycles. The van der Waals surface area contributed by atoms with Gasteiger partial charge in [0.1, 0.15) is 11.5 Å². The van der Waals surface area contributed by atoms with Crippen LogP contribution in [0.4, 0.5) is 8.78 Å². The number of pyridine rings is 1. The fraction of sp³-hybridized carbons (Fsp3) is 0.464. The third-order valence-corrected chi connectivity index (χ3v) is 8.05. The molecular formula is C28H31F2N9O2. The number of rotatable bonds is 7. The molecule has 0 radical (unpaired) electrons. The maximum atomic E-state index is 13.4. The van der Waals surface area contributed by atoms with Crippen molar-refractivity contribution in [3.05, 3.63) is 54.0 Å². The first kappa shape index (κ1) is 26.9. The second-order valence-electron chi connectivity index (χ2n) is 11.0. The number of carbonyl (C=O) groups excluding carboxylic acids is 2. The highest BCUT2D eigenvalue weighted by atomic mass is 19.3. The number of aromatic amines is 1. The molecule has 2 N–H and O–H groups in total. The monoisotopic (exact) mass is 563 g/mol. The van der Waals surface area contributed by atoms with Crippen molar-refractivity contribution < 1.29 is 18.4 Å². The normalized spacial score (nSPS) is 20.9. The molecule has 4 aromatic rings. The molecule has 0 spiro atoms. The lowest BCUT2D eigenvalue weighted by atomic mass is 9.79. The summed E-state index contributed by atoms with van der Waals surface area (Å²) in [6.07, 6.45) is 10.0. The van der Waals surface area contributed by atoms with E-state index in [2.05, 4.69) is 37.3 Å². The van der Waals surface area contributed by atoms with Crippen LogP contribution in [0.25, 0.3) is 22.6 Å². The van der Waals surface area contributed by atoms with Crippen LogP contribution < -0.4 is 5.32 Å². The van der Waals surface area contributed by atoms with Gasteiger partial charge in [-0.3, -0.25) is 19.3 Å². The van der Waals surface area contributed by atoms with Crippen molar-refractivity contribution in [2.75, 3.05) is 13.1 Å². The maximum Gasteiger partial charge on any atom is 0.282 e. The van der Waals surface area contributed by atoms with E-state index in [1.165, 1.54) is 24.7 Å². The molecule has 41 heavy (non-hydrogen) atoms. The molecule has 6 rings (SSSR count). The number of H-pyrrole nitrogens is 1. The van der Waals surface area contributed by atoms with Gasteiger partial charge in [0.15, 0.2) is 11.3 Å². The van der Waals surface area contributed by atoms with Gasteiger partial charge in [0, 0.05) is 30.7 Å². The molecular weight excluding hydrogens is 532 g/mol. The van der Waals surface area contributed by atoms with E-state index < -0.39 is 31.0 Å². The van der Waals surface area contributed by atoms with E-state index in [0.717, 1.165) is 30.6 Å². The Morgan fingerprint density at radius 3 is 2.63 bits per heavy atom. The number of fused-ring (bicyclic) bond motifs is 1. The van der Waals surface area contributed by atoms with Crippen LogP contribution >= 0.6 is 0 Å². The summed E-state index contributed by atoms with van der Waals surface area (Å²) < 4.78 is 28.5. The lowest BCUT2D eigenvalue weighted by molar-refractivity contribution is -0.113. The number of hydrogen-bond donors (Lipinski definition) is 2. The van der Waals surface area contributed by atoms with E-state index >= 15 is 0 Å². The minimum absolute atomic E-state index is 0.172. The Balaban J connectivity index is 1.31. The fourth-order valence-corrected chi connectivity index (χ4v) is 5.72. The topological polar surface area (TPSA) is 135 Å². The number of likely N-dealkylation sites (tertiary alicyclic amines) is 1. The third kappa shape index (κ3) is 5.27. The highest BCUT2D eigenvalue weighted by molar-refractivity contribution is 6.01. The van der Waals surface area contributed by atoms with Gasteiger partial charge in [0.05, 0.1) is 36.6 Å². The van der Waals surface area contributed by atoms with E-state index in [4.69, 9.17) is 4.98 Å². The molecule has 1 atom stereocenters. The van der Waals surface area contributed by atoms with Crippen molar-refractivity contribution in [2.45, 2.75) is 58.0 Å².